The highest BCUT2D eigenvalue weighted by atomic mass is 16.3. The molecule has 0 radical (unpaired) electrons. The number of anilines is 3. The Morgan fingerprint density at radius 2 is 0.842 bits per heavy atom. The van der Waals surface area contributed by atoms with Crippen LogP contribution in [0.3, 0.4) is 0 Å². The van der Waals surface area contributed by atoms with Crippen LogP contribution in [-0.4, -0.2) is 0 Å². The van der Waals surface area contributed by atoms with E-state index in [9.17, 15) is 0 Å². The highest BCUT2D eigenvalue weighted by molar-refractivity contribution is 6.13. The van der Waals surface area contributed by atoms with Crippen molar-refractivity contribution in [1.29, 1.82) is 0 Å². The van der Waals surface area contributed by atoms with Crippen molar-refractivity contribution in [3.05, 3.63) is 235 Å². The van der Waals surface area contributed by atoms with Gasteiger partial charge in [-0.15, -0.1) is 0 Å². The summed E-state index contributed by atoms with van der Waals surface area (Å²) in [6.07, 6.45) is 0. The molecule has 1 heterocycles. The van der Waals surface area contributed by atoms with E-state index in [-0.39, 0.29) is 0 Å². The van der Waals surface area contributed by atoms with Crippen LogP contribution < -0.4 is 4.90 Å². The zero-order valence-electron chi connectivity index (χ0n) is 31.1. The highest BCUT2D eigenvalue weighted by Gasteiger charge is 2.52. The van der Waals surface area contributed by atoms with Crippen LogP contribution in [0.2, 0.25) is 0 Å². The molecule has 2 nitrogen and oxygen atoms in total. The molecule has 1 spiro atoms. The smallest absolute Gasteiger partial charge is 0.137 e. The Hall–Kier alpha value is -7.42. The summed E-state index contributed by atoms with van der Waals surface area (Å²) < 4.78 is 6.48. The number of rotatable bonds is 5. The zero-order valence-corrected chi connectivity index (χ0v) is 31.1. The minimum atomic E-state index is -0.504. The lowest BCUT2D eigenvalue weighted by Crippen LogP contribution is -2.26. The number of benzene rings is 9. The summed E-state index contributed by atoms with van der Waals surface area (Å²) in [4.78, 5) is 2.43. The molecule has 266 valence electrons. The van der Waals surface area contributed by atoms with E-state index in [4.69, 9.17) is 4.42 Å². The van der Waals surface area contributed by atoms with Gasteiger partial charge in [0.15, 0.2) is 0 Å². The molecule has 57 heavy (non-hydrogen) atoms. The lowest BCUT2D eigenvalue weighted by Gasteiger charge is -2.32. The van der Waals surface area contributed by atoms with Crippen molar-refractivity contribution >= 4 is 39.0 Å². The molecule has 1 aromatic heterocycles. The van der Waals surface area contributed by atoms with Gasteiger partial charge in [-0.1, -0.05) is 164 Å². The average molecular weight is 726 g/mol. The first-order valence-electron chi connectivity index (χ1n) is 19.7. The molecule has 12 rings (SSSR count). The first-order chi connectivity index (χ1) is 28.3. The summed E-state index contributed by atoms with van der Waals surface area (Å²) in [7, 11) is 0. The molecule has 0 saturated heterocycles. The number of fused-ring (bicyclic) bond motifs is 13. The van der Waals surface area contributed by atoms with Crippen molar-refractivity contribution in [3.63, 3.8) is 0 Å². The number of nitrogens with zero attached hydrogens (tertiary/aromatic N) is 1. The molecular formula is C55H35NO. The van der Waals surface area contributed by atoms with Crippen LogP contribution in [0.1, 0.15) is 22.3 Å². The van der Waals surface area contributed by atoms with Gasteiger partial charge < -0.3 is 9.32 Å². The van der Waals surface area contributed by atoms with E-state index in [0.717, 1.165) is 39.0 Å². The van der Waals surface area contributed by atoms with Crippen LogP contribution in [0, 0.1) is 0 Å². The van der Waals surface area contributed by atoms with Crippen molar-refractivity contribution in [2.75, 3.05) is 4.90 Å². The first-order valence-corrected chi connectivity index (χ1v) is 19.7. The SMILES string of the molecule is c1ccc(-c2ccc(N(c3ccc4c(c3)C3(c5ccccc5-c5ccccc53)c3cc(-c5ccccc5)ccc3-4)c3cccc4oc5ccccc5c34)cc2)cc1. The third kappa shape index (κ3) is 4.59. The highest BCUT2D eigenvalue weighted by Crippen LogP contribution is 2.64. The van der Waals surface area contributed by atoms with Crippen LogP contribution in [0.15, 0.2) is 217 Å². The van der Waals surface area contributed by atoms with E-state index >= 15 is 0 Å². The van der Waals surface area contributed by atoms with Gasteiger partial charge in [0.05, 0.1) is 16.5 Å². The van der Waals surface area contributed by atoms with Crippen LogP contribution in [-0.2, 0) is 5.41 Å². The van der Waals surface area contributed by atoms with Crippen molar-refractivity contribution in [2.24, 2.45) is 0 Å². The summed E-state index contributed by atoms with van der Waals surface area (Å²) in [5, 5.41) is 2.20. The molecule has 0 amide bonds. The first kappa shape index (κ1) is 31.9. The van der Waals surface area contributed by atoms with Crippen molar-refractivity contribution < 1.29 is 4.42 Å². The third-order valence-corrected chi connectivity index (χ3v) is 12.3. The van der Waals surface area contributed by atoms with E-state index in [1.165, 1.54) is 66.8 Å². The van der Waals surface area contributed by atoms with Gasteiger partial charge in [0.1, 0.15) is 11.2 Å². The molecule has 0 fully saturated rings. The molecule has 0 saturated carbocycles. The topological polar surface area (TPSA) is 16.4 Å². The molecule has 9 aromatic carbocycles. The number of furan rings is 1. The van der Waals surface area contributed by atoms with E-state index in [2.05, 4.69) is 211 Å². The maximum absolute atomic E-state index is 6.48. The van der Waals surface area contributed by atoms with Crippen molar-refractivity contribution in [3.8, 4) is 44.5 Å². The maximum Gasteiger partial charge on any atom is 0.137 e. The van der Waals surface area contributed by atoms with Gasteiger partial charge in [-0.2, -0.15) is 0 Å². The van der Waals surface area contributed by atoms with Crippen molar-refractivity contribution in [2.45, 2.75) is 5.41 Å². The van der Waals surface area contributed by atoms with Gasteiger partial charge in [-0.05, 0) is 115 Å². The van der Waals surface area contributed by atoms with Gasteiger partial charge in [0.25, 0.3) is 0 Å². The Bertz CT molecular complexity index is 3130. The Morgan fingerprint density at radius 1 is 0.333 bits per heavy atom. The fraction of sp³-hybridized carbons (Fsp3) is 0.0182. The Morgan fingerprint density at radius 3 is 1.56 bits per heavy atom. The van der Waals surface area contributed by atoms with Crippen LogP contribution >= 0.6 is 0 Å². The fourth-order valence-electron chi connectivity index (χ4n) is 9.88. The minimum Gasteiger partial charge on any atom is -0.456 e. The second kappa shape index (κ2) is 12.3. The molecule has 0 aliphatic heterocycles. The van der Waals surface area contributed by atoms with Gasteiger partial charge >= 0.3 is 0 Å². The second-order valence-electron chi connectivity index (χ2n) is 15.2. The molecule has 2 heteroatoms. The number of hydrogen-bond acceptors (Lipinski definition) is 2. The minimum absolute atomic E-state index is 0.504. The lowest BCUT2D eigenvalue weighted by atomic mass is 9.70. The summed E-state index contributed by atoms with van der Waals surface area (Å²) in [6.45, 7) is 0. The van der Waals surface area contributed by atoms with Gasteiger partial charge in [0.2, 0.25) is 0 Å². The van der Waals surface area contributed by atoms with Crippen LogP contribution in [0.25, 0.3) is 66.4 Å². The standard InChI is InChI=1S/C55H35NO/c1-3-14-36(15-4-1)38-26-29-40(30-27-38)56(51-23-13-25-53-54(51)46-20-9-12-24-52(46)57-53)41-31-33-45-44-32-28-39(37-16-5-2-6-17-37)34-49(44)55(50(45)35-41)47-21-10-7-18-42(47)43-19-8-11-22-48(43)55/h1-35H. The van der Waals surface area contributed by atoms with Gasteiger partial charge in [-0.25, -0.2) is 0 Å². The largest absolute Gasteiger partial charge is 0.456 e. The van der Waals surface area contributed by atoms with Crippen molar-refractivity contribution in [1.82, 2.24) is 0 Å². The molecular weight excluding hydrogens is 691 g/mol. The Labute approximate surface area is 331 Å². The predicted octanol–water partition coefficient (Wildman–Crippen LogP) is 14.7. The molecule has 10 aromatic rings. The number of para-hydroxylation sites is 1. The summed E-state index contributed by atoms with van der Waals surface area (Å²) >= 11 is 0. The Kier molecular flexibility index (Phi) is 6.88. The summed E-state index contributed by atoms with van der Waals surface area (Å²) in [5.74, 6) is 0. The fourth-order valence-corrected chi connectivity index (χ4v) is 9.88. The third-order valence-electron chi connectivity index (χ3n) is 12.3. The normalized spacial score (nSPS) is 13.1. The molecule has 0 atom stereocenters. The summed E-state index contributed by atoms with van der Waals surface area (Å²) in [6, 6.07) is 77.5. The van der Waals surface area contributed by atoms with Gasteiger partial charge in [0, 0.05) is 16.8 Å². The second-order valence-corrected chi connectivity index (χ2v) is 15.2. The van der Waals surface area contributed by atoms with E-state index < -0.39 is 5.41 Å². The molecule has 0 unspecified atom stereocenters. The Balaban J connectivity index is 1.14. The molecule has 2 aliphatic rings. The van der Waals surface area contributed by atoms with Crippen LogP contribution in [0.4, 0.5) is 17.1 Å². The maximum atomic E-state index is 6.48. The van der Waals surface area contributed by atoms with Gasteiger partial charge in [-0.3, -0.25) is 0 Å². The van der Waals surface area contributed by atoms with E-state index in [1.807, 2.05) is 6.07 Å². The quantitative estimate of drug-likeness (QED) is 0.176. The predicted molar refractivity (Wildman–Crippen MR) is 236 cm³/mol. The number of hydrogen-bond donors (Lipinski definition) is 0. The summed E-state index contributed by atoms with van der Waals surface area (Å²) in [5.41, 5.74) is 19.8. The lowest BCUT2D eigenvalue weighted by molar-refractivity contribution is 0.669. The molecule has 2 aliphatic carbocycles. The molecule has 0 bridgehead atoms. The van der Waals surface area contributed by atoms with Crippen LogP contribution in [0.5, 0.6) is 0 Å². The molecule has 0 N–H and O–H groups in total. The monoisotopic (exact) mass is 725 g/mol. The zero-order chi connectivity index (χ0) is 37.5. The van der Waals surface area contributed by atoms with E-state index in [0.29, 0.717) is 0 Å². The van der Waals surface area contributed by atoms with E-state index in [1.54, 1.807) is 0 Å². The average Bonchev–Trinajstić information content (AvgIpc) is 3.91.